The van der Waals surface area contributed by atoms with Crippen molar-refractivity contribution >= 4 is 5.91 Å². The number of fused-ring (bicyclic) bond motifs is 1. The van der Waals surface area contributed by atoms with Gasteiger partial charge >= 0.3 is 0 Å². The summed E-state index contributed by atoms with van der Waals surface area (Å²) < 4.78 is 10.9. The fourth-order valence-electron chi connectivity index (χ4n) is 3.37. The number of rotatable bonds is 3. The number of ether oxygens (including phenoxy) is 1. The minimum absolute atomic E-state index is 0.100. The minimum Gasteiger partial charge on any atom is -0.480 e. The molecule has 0 radical (unpaired) electrons. The number of piperazine rings is 1. The number of carbonyl (C=O) groups is 1. The van der Waals surface area contributed by atoms with Crippen LogP contribution >= 0.6 is 0 Å². The highest BCUT2D eigenvalue weighted by Gasteiger charge is 2.33. The third-order valence-electron chi connectivity index (χ3n) is 4.67. The SMILES string of the molecule is Cc1cc(CN2CCN(C(=O)[C@H]3Cc4ccccc4O3)CC2)no1. The van der Waals surface area contributed by atoms with Crippen molar-refractivity contribution in [2.45, 2.75) is 26.0 Å². The van der Waals surface area contributed by atoms with Crippen molar-refractivity contribution in [1.29, 1.82) is 0 Å². The van der Waals surface area contributed by atoms with Crippen molar-refractivity contribution < 1.29 is 14.1 Å². The van der Waals surface area contributed by atoms with E-state index >= 15 is 0 Å². The van der Waals surface area contributed by atoms with Gasteiger partial charge in [-0.05, 0) is 18.6 Å². The molecule has 2 aliphatic rings. The van der Waals surface area contributed by atoms with Gasteiger partial charge in [-0.25, -0.2) is 0 Å². The van der Waals surface area contributed by atoms with Gasteiger partial charge in [-0.2, -0.15) is 0 Å². The molecule has 4 rings (SSSR count). The molecule has 0 bridgehead atoms. The molecule has 1 aromatic heterocycles. The number of hydrogen-bond donors (Lipinski definition) is 0. The number of aryl methyl sites for hydroxylation is 1. The first-order valence-corrected chi connectivity index (χ1v) is 8.37. The normalized spacial score (nSPS) is 20.7. The van der Waals surface area contributed by atoms with Crippen LogP contribution in [0.5, 0.6) is 5.75 Å². The third-order valence-corrected chi connectivity index (χ3v) is 4.67. The lowest BCUT2D eigenvalue weighted by atomic mass is 10.1. The van der Waals surface area contributed by atoms with E-state index < -0.39 is 0 Å². The summed E-state index contributed by atoms with van der Waals surface area (Å²) in [5, 5.41) is 4.03. The molecule has 1 amide bonds. The number of nitrogens with zero attached hydrogens (tertiary/aromatic N) is 3. The highest BCUT2D eigenvalue weighted by Crippen LogP contribution is 2.29. The Bertz CT molecular complexity index is 710. The molecule has 0 spiro atoms. The Hall–Kier alpha value is -2.34. The van der Waals surface area contributed by atoms with E-state index in [1.807, 2.05) is 42.2 Å². The van der Waals surface area contributed by atoms with Crippen LogP contribution in [0, 0.1) is 6.92 Å². The molecule has 126 valence electrons. The Kier molecular flexibility index (Phi) is 3.98. The molecule has 0 N–H and O–H groups in total. The first kappa shape index (κ1) is 15.2. The summed E-state index contributed by atoms with van der Waals surface area (Å²) in [6, 6.07) is 9.84. The van der Waals surface area contributed by atoms with E-state index in [9.17, 15) is 4.79 Å². The molecule has 1 atom stereocenters. The smallest absolute Gasteiger partial charge is 0.264 e. The van der Waals surface area contributed by atoms with Gasteiger partial charge in [0.1, 0.15) is 11.5 Å². The second-order valence-electron chi connectivity index (χ2n) is 6.45. The van der Waals surface area contributed by atoms with Gasteiger partial charge in [-0.15, -0.1) is 0 Å². The lowest BCUT2D eigenvalue weighted by molar-refractivity contribution is -0.139. The summed E-state index contributed by atoms with van der Waals surface area (Å²) in [5.41, 5.74) is 2.07. The van der Waals surface area contributed by atoms with E-state index in [0.717, 1.165) is 55.5 Å². The zero-order valence-electron chi connectivity index (χ0n) is 13.8. The molecule has 2 aliphatic heterocycles. The number of aromatic nitrogens is 1. The van der Waals surface area contributed by atoms with E-state index in [-0.39, 0.29) is 12.0 Å². The number of carbonyl (C=O) groups excluding carboxylic acids is 1. The van der Waals surface area contributed by atoms with Gasteiger partial charge < -0.3 is 14.2 Å². The van der Waals surface area contributed by atoms with E-state index in [0.29, 0.717) is 6.42 Å². The standard InChI is InChI=1S/C18H21N3O3/c1-13-10-15(19-24-13)12-20-6-8-21(9-7-20)18(22)17-11-14-4-2-3-5-16(14)23-17/h2-5,10,17H,6-9,11-12H2,1H3/t17-/m1/s1. The quantitative estimate of drug-likeness (QED) is 0.857. The van der Waals surface area contributed by atoms with Crippen molar-refractivity contribution in [1.82, 2.24) is 15.0 Å². The van der Waals surface area contributed by atoms with Crippen LogP contribution in [0.15, 0.2) is 34.9 Å². The first-order chi connectivity index (χ1) is 11.7. The Labute approximate surface area is 141 Å². The van der Waals surface area contributed by atoms with Gasteiger partial charge in [0.2, 0.25) is 0 Å². The molecule has 0 aliphatic carbocycles. The third kappa shape index (κ3) is 3.01. The zero-order valence-corrected chi connectivity index (χ0v) is 13.8. The maximum absolute atomic E-state index is 12.7. The number of benzene rings is 1. The predicted octanol–water partition coefficient (Wildman–Crippen LogP) is 1.63. The van der Waals surface area contributed by atoms with Crippen molar-refractivity contribution in [3.8, 4) is 5.75 Å². The van der Waals surface area contributed by atoms with Crippen LogP contribution in [0.1, 0.15) is 17.0 Å². The number of amides is 1. The molecular formula is C18H21N3O3. The van der Waals surface area contributed by atoms with Crippen LogP contribution in [-0.2, 0) is 17.8 Å². The van der Waals surface area contributed by atoms with E-state index in [1.165, 1.54) is 0 Å². The Morgan fingerprint density at radius 1 is 1.25 bits per heavy atom. The monoisotopic (exact) mass is 327 g/mol. The topological polar surface area (TPSA) is 58.8 Å². The molecular weight excluding hydrogens is 306 g/mol. The van der Waals surface area contributed by atoms with E-state index in [1.54, 1.807) is 0 Å². The molecule has 24 heavy (non-hydrogen) atoms. The van der Waals surface area contributed by atoms with Gasteiger partial charge in [-0.3, -0.25) is 9.69 Å². The molecule has 2 aromatic rings. The molecule has 6 heteroatoms. The van der Waals surface area contributed by atoms with Crippen LogP contribution in [0.3, 0.4) is 0 Å². The lowest BCUT2D eigenvalue weighted by Crippen LogP contribution is -2.51. The van der Waals surface area contributed by atoms with Crippen LogP contribution in [0.25, 0.3) is 0 Å². The minimum atomic E-state index is -0.368. The van der Waals surface area contributed by atoms with Gasteiger partial charge in [0.25, 0.3) is 5.91 Å². The Morgan fingerprint density at radius 3 is 2.75 bits per heavy atom. The maximum atomic E-state index is 12.7. The molecule has 0 unspecified atom stereocenters. The highest BCUT2D eigenvalue weighted by atomic mass is 16.5. The lowest BCUT2D eigenvalue weighted by Gasteiger charge is -2.35. The molecule has 1 aromatic carbocycles. The predicted molar refractivity (Wildman–Crippen MR) is 87.7 cm³/mol. The molecule has 3 heterocycles. The summed E-state index contributed by atoms with van der Waals surface area (Å²) in [6.07, 6.45) is 0.306. The van der Waals surface area contributed by atoms with Crippen LogP contribution in [0.4, 0.5) is 0 Å². The van der Waals surface area contributed by atoms with Gasteiger partial charge in [0, 0.05) is 45.2 Å². The van der Waals surface area contributed by atoms with Crippen molar-refractivity contribution in [3.63, 3.8) is 0 Å². The summed E-state index contributed by atoms with van der Waals surface area (Å²) in [7, 11) is 0. The Balaban J connectivity index is 1.31. The van der Waals surface area contributed by atoms with Crippen LogP contribution in [-0.4, -0.2) is 53.1 Å². The van der Waals surface area contributed by atoms with Crippen molar-refractivity contribution in [2.24, 2.45) is 0 Å². The largest absolute Gasteiger partial charge is 0.480 e. The molecule has 1 saturated heterocycles. The van der Waals surface area contributed by atoms with Crippen LogP contribution in [0.2, 0.25) is 0 Å². The Morgan fingerprint density at radius 2 is 2.04 bits per heavy atom. The summed E-state index contributed by atoms with van der Waals surface area (Å²) >= 11 is 0. The molecule has 1 fully saturated rings. The van der Waals surface area contributed by atoms with Crippen LogP contribution < -0.4 is 4.74 Å². The van der Waals surface area contributed by atoms with Crippen molar-refractivity contribution in [3.05, 3.63) is 47.3 Å². The second-order valence-corrected chi connectivity index (χ2v) is 6.45. The first-order valence-electron chi connectivity index (χ1n) is 8.37. The zero-order chi connectivity index (χ0) is 16.5. The van der Waals surface area contributed by atoms with Gasteiger partial charge in [0.15, 0.2) is 6.10 Å². The van der Waals surface area contributed by atoms with Gasteiger partial charge in [-0.1, -0.05) is 23.4 Å². The molecule has 0 saturated carbocycles. The average Bonchev–Trinajstić information content (AvgIpc) is 3.21. The maximum Gasteiger partial charge on any atom is 0.264 e. The number of para-hydroxylation sites is 1. The fraction of sp³-hybridized carbons (Fsp3) is 0.444. The molecule has 6 nitrogen and oxygen atoms in total. The average molecular weight is 327 g/mol. The van der Waals surface area contributed by atoms with E-state index in [4.69, 9.17) is 9.26 Å². The summed E-state index contributed by atoms with van der Waals surface area (Å²) in [4.78, 5) is 16.9. The highest BCUT2D eigenvalue weighted by molar-refractivity contribution is 5.82. The van der Waals surface area contributed by atoms with E-state index in [2.05, 4.69) is 10.1 Å². The number of hydrogen-bond acceptors (Lipinski definition) is 5. The summed E-state index contributed by atoms with van der Waals surface area (Å²) in [6.45, 7) is 5.81. The fourth-order valence-corrected chi connectivity index (χ4v) is 3.37. The van der Waals surface area contributed by atoms with Crippen molar-refractivity contribution in [2.75, 3.05) is 26.2 Å². The second kappa shape index (κ2) is 6.28. The summed E-state index contributed by atoms with van der Waals surface area (Å²) in [5.74, 6) is 1.77. The van der Waals surface area contributed by atoms with Gasteiger partial charge in [0.05, 0.1) is 5.69 Å².